The number of benzene rings is 1. The van der Waals surface area contributed by atoms with Gasteiger partial charge in [-0.2, -0.15) is 0 Å². The van der Waals surface area contributed by atoms with Crippen LogP contribution >= 0.6 is 0 Å². The molecule has 1 atom stereocenters. The lowest BCUT2D eigenvalue weighted by Crippen LogP contribution is -2.32. The summed E-state index contributed by atoms with van der Waals surface area (Å²) in [5.41, 5.74) is 3.58. The molecule has 0 aliphatic carbocycles. The molecule has 0 radical (unpaired) electrons. The van der Waals surface area contributed by atoms with Crippen molar-refractivity contribution >= 4 is 17.3 Å². The monoisotopic (exact) mass is 339 g/mol. The highest BCUT2D eigenvalue weighted by molar-refractivity contribution is 5.92. The van der Waals surface area contributed by atoms with Crippen molar-refractivity contribution < 1.29 is 9.53 Å². The van der Waals surface area contributed by atoms with Gasteiger partial charge in [-0.1, -0.05) is 26.0 Å². The normalized spacial score (nSPS) is 16.8. The molecule has 132 valence electrons. The van der Waals surface area contributed by atoms with Crippen LogP contribution in [0.3, 0.4) is 0 Å². The molecular formula is C20H25N3O2. The molecule has 1 aromatic carbocycles. The third-order valence-electron chi connectivity index (χ3n) is 4.38. The van der Waals surface area contributed by atoms with Crippen molar-refractivity contribution in [2.75, 3.05) is 18.5 Å². The van der Waals surface area contributed by atoms with Crippen molar-refractivity contribution in [2.24, 2.45) is 0 Å². The van der Waals surface area contributed by atoms with Gasteiger partial charge in [0.25, 0.3) is 5.91 Å². The first kappa shape index (κ1) is 17.4. The summed E-state index contributed by atoms with van der Waals surface area (Å²) >= 11 is 0. The van der Waals surface area contributed by atoms with Gasteiger partial charge in [-0.25, -0.2) is 4.98 Å². The number of carbonyl (C=O) groups excluding carboxylic acids is 1. The van der Waals surface area contributed by atoms with Gasteiger partial charge in [0.1, 0.15) is 5.69 Å². The maximum absolute atomic E-state index is 12.1. The standard InChI is InChI=1S/C20H25N3O2/c1-14(2)15-5-7-16(8-6-15)23-17-9-10-19(21-12-17)20(24)22-13-18-4-3-11-25-18/h5-10,12,14,18,23H,3-4,11,13H2,1-2H3,(H,22,24). The zero-order chi connectivity index (χ0) is 17.6. The fraction of sp³-hybridized carbons (Fsp3) is 0.400. The Labute approximate surface area is 148 Å². The van der Waals surface area contributed by atoms with E-state index in [2.05, 4.69) is 53.7 Å². The highest BCUT2D eigenvalue weighted by Gasteiger charge is 2.17. The van der Waals surface area contributed by atoms with E-state index in [0.29, 0.717) is 18.2 Å². The van der Waals surface area contributed by atoms with E-state index in [-0.39, 0.29) is 12.0 Å². The summed E-state index contributed by atoms with van der Waals surface area (Å²) in [7, 11) is 0. The number of hydrogen-bond acceptors (Lipinski definition) is 4. The number of rotatable bonds is 6. The third-order valence-corrected chi connectivity index (χ3v) is 4.38. The second-order valence-electron chi connectivity index (χ2n) is 6.68. The van der Waals surface area contributed by atoms with Crippen LogP contribution in [0.5, 0.6) is 0 Å². The maximum Gasteiger partial charge on any atom is 0.269 e. The minimum absolute atomic E-state index is 0.138. The Balaban J connectivity index is 1.55. The molecule has 1 aromatic heterocycles. The summed E-state index contributed by atoms with van der Waals surface area (Å²) in [6.07, 6.45) is 3.89. The third kappa shape index (κ3) is 4.79. The average molecular weight is 339 g/mol. The zero-order valence-electron chi connectivity index (χ0n) is 14.8. The van der Waals surface area contributed by atoms with E-state index in [1.54, 1.807) is 12.3 Å². The summed E-state index contributed by atoms with van der Waals surface area (Å²) in [6.45, 7) is 5.68. The molecule has 2 aromatic rings. The molecule has 0 saturated carbocycles. The average Bonchev–Trinajstić information content (AvgIpc) is 3.14. The highest BCUT2D eigenvalue weighted by Crippen LogP contribution is 2.20. The van der Waals surface area contributed by atoms with Gasteiger partial charge in [-0.05, 0) is 48.6 Å². The summed E-state index contributed by atoms with van der Waals surface area (Å²) in [6, 6.07) is 11.9. The van der Waals surface area contributed by atoms with Crippen molar-refractivity contribution in [1.29, 1.82) is 0 Å². The van der Waals surface area contributed by atoms with Gasteiger partial charge in [-0.3, -0.25) is 4.79 Å². The minimum atomic E-state index is -0.164. The van der Waals surface area contributed by atoms with E-state index in [1.807, 2.05) is 6.07 Å². The maximum atomic E-state index is 12.1. The van der Waals surface area contributed by atoms with Crippen molar-refractivity contribution in [3.05, 3.63) is 53.9 Å². The lowest BCUT2D eigenvalue weighted by Gasteiger charge is -2.11. The number of amides is 1. The van der Waals surface area contributed by atoms with Crippen LogP contribution in [0, 0.1) is 0 Å². The number of pyridine rings is 1. The Hall–Kier alpha value is -2.40. The van der Waals surface area contributed by atoms with Gasteiger partial charge < -0.3 is 15.4 Å². The topological polar surface area (TPSA) is 63.2 Å². The fourth-order valence-corrected chi connectivity index (χ4v) is 2.82. The number of anilines is 2. The molecule has 5 nitrogen and oxygen atoms in total. The smallest absolute Gasteiger partial charge is 0.269 e. The quantitative estimate of drug-likeness (QED) is 0.839. The molecule has 2 heterocycles. The number of hydrogen-bond donors (Lipinski definition) is 2. The predicted octanol–water partition coefficient (Wildman–Crippen LogP) is 3.86. The molecule has 1 unspecified atom stereocenters. The van der Waals surface area contributed by atoms with Gasteiger partial charge in [0.2, 0.25) is 0 Å². The molecule has 1 fully saturated rings. The summed E-state index contributed by atoms with van der Waals surface area (Å²) in [5, 5.41) is 6.18. The summed E-state index contributed by atoms with van der Waals surface area (Å²) in [4.78, 5) is 16.4. The fourth-order valence-electron chi connectivity index (χ4n) is 2.82. The van der Waals surface area contributed by atoms with Gasteiger partial charge >= 0.3 is 0 Å². The molecule has 25 heavy (non-hydrogen) atoms. The van der Waals surface area contributed by atoms with E-state index in [0.717, 1.165) is 30.8 Å². The Morgan fingerprint density at radius 2 is 1.96 bits per heavy atom. The van der Waals surface area contributed by atoms with Crippen LogP contribution < -0.4 is 10.6 Å². The Morgan fingerprint density at radius 3 is 2.56 bits per heavy atom. The van der Waals surface area contributed by atoms with E-state index in [9.17, 15) is 4.79 Å². The Bertz CT molecular complexity index is 690. The highest BCUT2D eigenvalue weighted by atomic mass is 16.5. The molecule has 5 heteroatoms. The van der Waals surface area contributed by atoms with Crippen molar-refractivity contribution in [3.8, 4) is 0 Å². The largest absolute Gasteiger partial charge is 0.376 e. The van der Waals surface area contributed by atoms with Gasteiger partial charge in [-0.15, -0.1) is 0 Å². The second kappa shape index (κ2) is 8.12. The predicted molar refractivity (Wildman–Crippen MR) is 99.4 cm³/mol. The first-order valence-electron chi connectivity index (χ1n) is 8.84. The van der Waals surface area contributed by atoms with Crippen LogP contribution in [-0.2, 0) is 4.74 Å². The summed E-state index contributed by atoms with van der Waals surface area (Å²) in [5.74, 6) is 0.353. The lowest BCUT2D eigenvalue weighted by atomic mass is 10.0. The zero-order valence-corrected chi connectivity index (χ0v) is 14.8. The van der Waals surface area contributed by atoms with Gasteiger partial charge in [0, 0.05) is 18.8 Å². The SMILES string of the molecule is CC(C)c1ccc(Nc2ccc(C(=O)NCC3CCCO3)nc2)cc1. The molecule has 1 saturated heterocycles. The second-order valence-corrected chi connectivity index (χ2v) is 6.68. The van der Waals surface area contributed by atoms with Crippen LogP contribution in [-0.4, -0.2) is 30.1 Å². The number of ether oxygens (including phenoxy) is 1. The Morgan fingerprint density at radius 1 is 1.20 bits per heavy atom. The van der Waals surface area contributed by atoms with E-state index < -0.39 is 0 Å². The molecule has 0 bridgehead atoms. The number of nitrogens with zero attached hydrogens (tertiary/aromatic N) is 1. The van der Waals surface area contributed by atoms with E-state index >= 15 is 0 Å². The number of aromatic nitrogens is 1. The molecule has 1 aliphatic rings. The van der Waals surface area contributed by atoms with Crippen LogP contribution in [0.2, 0.25) is 0 Å². The van der Waals surface area contributed by atoms with Crippen molar-refractivity contribution in [2.45, 2.75) is 38.7 Å². The summed E-state index contributed by atoms with van der Waals surface area (Å²) < 4.78 is 5.50. The molecule has 3 rings (SSSR count). The molecular weight excluding hydrogens is 314 g/mol. The van der Waals surface area contributed by atoms with Crippen LogP contribution in [0.4, 0.5) is 11.4 Å². The van der Waals surface area contributed by atoms with Crippen LogP contribution in [0.1, 0.15) is 48.7 Å². The van der Waals surface area contributed by atoms with Crippen molar-refractivity contribution in [3.63, 3.8) is 0 Å². The minimum Gasteiger partial charge on any atom is -0.376 e. The molecule has 2 N–H and O–H groups in total. The van der Waals surface area contributed by atoms with E-state index in [4.69, 9.17) is 4.74 Å². The van der Waals surface area contributed by atoms with Crippen LogP contribution in [0.25, 0.3) is 0 Å². The molecule has 1 amide bonds. The van der Waals surface area contributed by atoms with Gasteiger partial charge in [0.05, 0.1) is 18.0 Å². The molecule has 0 spiro atoms. The first-order valence-corrected chi connectivity index (χ1v) is 8.84. The molecule has 1 aliphatic heterocycles. The number of nitrogens with one attached hydrogen (secondary N) is 2. The number of carbonyl (C=O) groups is 1. The van der Waals surface area contributed by atoms with E-state index in [1.165, 1.54) is 5.56 Å². The first-order chi connectivity index (χ1) is 12.1. The lowest BCUT2D eigenvalue weighted by molar-refractivity contribution is 0.0854. The van der Waals surface area contributed by atoms with Crippen molar-refractivity contribution in [1.82, 2.24) is 10.3 Å². The van der Waals surface area contributed by atoms with Gasteiger partial charge in [0.15, 0.2) is 0 Å². The van der Waals surface area contributed by atoms with Crippen LogP contribution in [0.15, 0.2) is 42.6 Å². The Kier molecular flexibility index (Phi) is 5.66.